The van der Waals surface area contributed by atoms with Gasteiger partial charge in [-0.25, -0.2) is 14.8 Å². The van der Waals surface area contributed by atoms with E-state index in [-0.39, 0.29) is 5.97 Å². The van der Waals surface area contributed by atoms with Crippen molar-refractivity contribution in [2.75, 3.05) is 7.11 Å². The molecule has 4 aromatic rings. The van der Waals surface area contributed by atoms with E-state index in [1.54, 1.807) is 6.07 Å². The Bertz CT molecular complexity index is 1400. The second kappa shape index (κ2) is 10.9. The van der Waals surface area contributed by atoms with Crippen LogP contribution >= 0.6 is 0 Å². The van der Waals surface area contributed by atoms with Crippen molar-refractivity contribution in [2.24, 2.45) is 0 Å². The molecule has 6 nitrogen and oxygen atoms in total. The van der Waals surface area contributed by atoms with Gasteiger partial charge < -0.3 is 14.0 Å². The number of carbonyl (C=O) groups excluding carboxylic acids is 1. The van der Waals surface area contributed by atoms with Crippen LogP contribution in [0, 0.1) is 20.8 Å². The van der Waals surface area contributed by atoms with Crippen LogP contribution in [0.1, 0.15) is 70.0 Å². The summed E-state index contributed by atoms with van der Waals surface area (Å²) < 4.78 is 13.4. The Kier molecular flexibility index (Phi) is 7.73. The Labute approximate surface area is 213 Å². The number of rotatable bonds is 9. The minimum atomic E-state index is -0.330. The number of pyridine rings is 1. The molecule has 0 bridgehead atoms. The molecule has 0 amide bonds. The van der Waals surface area contributed by atoms with Gasteiger partial charge in [0.1, 0.15) is 23.7 Å². The predicted octanol–water partition coefficient (Wildman–Crippen LogP) is 6.29. The summed E-state index contributed by atoms with van der Waals surface area (Å²) in [4.78, 5) is 21.8. The topological polar surface area (TPSA) is 66.2 Å². The number of aryl methyl sites for hydroxylation is 4. The molecule has 0 spiro atoms. The molecule has 2 heterocycles. The van der Waals surface area contributed by atoms with Gasteiger partial charge in [0.2, 0.25) is 0 Å². The van der Waals surface area contributed by atoms with Crippen molar-refractivity contribution in [3.8, 4) is 5.75 Å². The Hall–Kier alpha value is -3.67. The third-order valence-electron chi connectivity index (χ3n) is 6.64. The Morgan fingerprint density at radius 3 is 2.53 bits per heavy atom. The molecule has 4 rings (SSSR count). The Morgan fingerprint density at radius 2 is 1.81 bits per heavy atom. The lowest BCUT2D eigenvalue weighted by atomic mass is 10.0. The van der Waals surface area contributed by atoms with Crippen molar-refractivity contribution in [1.29, 1.82) is 0 Å². The fourth-order valence-electron chi connectivity index (χ4n) is 4.73. The first-order chi connectivity index (χ1) is 17.4. The zero-order valence-corrected chi connectivity index (χ0v) is 22.1. The predicted molar refractivity (Wildman–Crippen MR) is 143 cm³/mol. The number of ether oxygens (including phenoxy) is 2. The molecule has 2 aromatic carbocycles. The molecule has 0 aliphatic rings. The van der Waals surface area contributed by atoms with Crippen molar-refractivity contribution in [2.45, 2.75) is 67.0 Å². The zero-order valence-electron chi connectivity index (χ0n) is 22.1. The highest BCUT2D eigenvalue weighted by molar-refractivity contribution is 5.91. The second-order valence-electron chi connectivity index (χ2n) is 9.28. The lowest BCUT2D eigenvalue weighted by molar-refractivity contribution is 0.0599. The molecule has 0 aliphatic carbocycles. The lowest BCUT2D eigenvalue weighted by Gasteiger charge is -2.16. The molecule has 0 radical (unpaired) electrons. The highest BCUT2D eigenvalue weighted by Crippen LogP contribution is 2.26. The minimum Gasteiger partial charge on any atom is -0.489 e. The quantitative estimate of drug-likeness (QED) is 0.261. The number of nitrogens with zero attached hydrogens (tertiary/aromatic N) is 3. The van der Waals surface area contributed by atoms with E-state index >= 15 is 0 Å². The molecule has 188 valence electrons. The molecule has 0 saturated carbocycles. The van der Waals surface area contributed by atoms with Gasteiger partial charge in [0.15, 0.2) is 5.65 Å². The average Bonchev–Trinajstić information content (AvgIpc) is 3.21. The van der Waals surface area contributed by atoms with Crippen LogP contribution in [-0.4, -0.2) is 27.6 Å². The molecular formula is C30H35N3O3. The first-order valence-electron chi connectivity index (χ1n) is 12.6. The van der Waals surface area contributed by atoms with Gasteiger partial charge in [-0.3, -0.25) is 0 Å². The number of imidazole rings is 1. The molecule has 6 heteroatoms. The van der Waals surface area contributed by atoms with Crippen LogP contribution in [0.5, 0.6) is 5.75 Å². The van der Waals surface area contributed by atoms with Crippen LogP contribution in [0.25, 0.3) is 11.2 Å². The summed E-state index contributed by atoms with van der Waals surface area (Å²) in [5, 5.41) is 0. The molecule has 0 atom stereocenters. The Balaban J connectivity index is 1.61. The number of esters is 1. The third kappa shape index (κ3) is 5.13. The van der Waals surface area contributed by atoms with E-state index in [0.29, 0.717) is 18.7 Å². The summed E-state index contributed by atoms with van der Waals surface area (Å²) in [6.45, 7) is 11.5. The minimum absolute atomic E-state index is 0.330. The molecule has 0 fully saturated rings. The van der Waals surface area contributed by atoms with Crippen LogP contribution in [0.3, 0.4) is 0 Å². The van der Waals surface area contributed by atoms with E-state index < -0.39 is 0 Å². The molecule has 0 N–H and O–H groups in total. The molecule has 0 unspecified atom stereocenters. The smallest absolute Gasteiger partial charge is 0.338 e. The van der Waals surface area contributed by atoms with Gasteiger partial charge in [0.05, 0.1) is 19.2 Å². The monoisotopic (exact) mass is 485 g/mol. The number of benzene rings is 2. The maximum atomic E-state index is 12.1. The van der Waals surface area contributed by atoms with E-state index in [9.17, 15) is 4.79 Å². The van der Waals surface area contributed by atoms with Crippen LogP contribution in [-0.2, 0) is 30.7 Å². The molecule has 0 aliphatic heterocycles. The maximum absolute atomic E-state index is 12.1. The largest absolute Gasteiger partial charge is 0.489 e. The van der Waals surface area contributed by atoms with Crippen molar-refractivity contribution < 1.29 is 14.3 Å². The van der Waals surface area contributed by atoms with Gasteiger partial charge >= 0.3 is 5.97 Å². The van der Waals surface area contributed by atoms with Gasteiger partial charge in [0.25, 0.3) is 0 Å². The van der Waals surface area contributed by atoms with Crippen molar-refractivity contribution >= 4 is 17.1 Å². The van der Waals surface area contributed by atoms with E-state index in [1.807, 2.05) is 26.0 Å². The standard InChI is InChI=1S/C30H35N3O3/c1-7-10-23-16-22(17-33-27(8-2)32-28-19(3)15-20(4)31-29(28)33)13-14-26(23)36-18-24-11-9-12-25(21(24)5)30(34)35-6/h9,11-16H,7-8,10,17-18H2,1-6H3. The summed E-state index contributed by atoms with van der Waals surface area (Å²) in [6.07, 6.45) is 2.79. The van der Waals surface area contributed by atoms with Crippen molar-refractivity contribution in [1.82, 2.24) is 14.5 Å². The summed E-state index contributed by atoms with van der Waals surface area (Å²) >= 11 is 0. The summed E-state index contributed by atoms with van der Waals surface area (Å²) in [6, 6.07) is 14.2. The number of aromatic nitrogens is 3. The Morgan fingerprint density at radius 1 is 1.00 bits per heavy atom. The van der Waals surface area contributed by atoms with Gasteiger partial charge in [-0.05, 0) is 73.2 Å². The fraction of sp³-hybridized carbons (Fsp3) is 0.367. The highest BCUT2D eigenvalue weighted by Gasteiger charge is 2.16. The molecular weight excluding hydrogens is 450 g/mol. The molecule has 36 heavy (non-hydrogen) atoms. The van der Waals surface area contributed by atoms with Crippen LogP contribution in [0.15, 0.2) is 42.5 Å². The summed E-state index contributed by atoms with van der Waals surface area (Å²) in [7, 11) is 1.40. The van der Waals surface area contributed by atoms with Gasteiger partial charge in [-0.2, -0.15) is 0 Å². The summed E-state index contributed by atoms with van der Waals surface area (Å²) in [5.41, 5.74) is 8.90. The van der Waals surface area contributed by atoms with Gasteiger partial charge in [0, 0.05) is 12.1 Å². The third-order valence-corrected chi connectivity index (χ3v) is 6.64. The number of hydrogen-bond donors (Lipinski definition) is 0. The number of hydrogen-bond acceptors (Lipinski definition) is 5. The highest BCUT2D eigenvalue weighted by atomic mass is 16.5. The normalized spacial score (nSPS) is 11.2. The number of carbonyl (C=O) groups is 1. The zero-order chi connectivity index (χ0) is 25.8. The lowest BCUT2D eigenvalue weighted by Crippen LogP contribution is -2.08. The van der Waals surface area contributed by atoms with E-state index in [1.165, 1.54) is 18.2 Å². The van der Waals surface area contributed by atoms with Crippen LogP contribution < -0.4 is 4.74 Å². The van der Waals surface area contributed by atoms with Crippen LogP contribution in [0.2, 0.25) is 0 Å². The number of fused-ring (bicyclic) bond motifs is 1. The van der Waals surface area contributed by atoms with Crippen LogP contribution in [0.4, 0.5) is 0 Å². The fourth-order valence-corrected chi connectivity index (χ4v) is 4.73. The van der Waals surface area contributed by atoms with E-state index in [0.717, 1.165) is 64.4 Å². The van der Waals surface area contributed by atoms with Crippen molar-refractivity contribution in [3.63, 3.8) is 0 Å². The SMILES string of the molecule is CCCc1cc(Cn2c(CC)nc3c(C)cc(C)nc32)ccc1OCc1cccc(C(=O)OC)c1C. The number of methoxy groups -OCH3 is 1. The maximum Gasteiger partial charge on any atom is 0.338 e. The summed E-state index contributed by atoms with van der Waals surface area (Å²) in [5.74, 6) is 1.59. The molecule has 2 aromatic heterocycles. The van der Waals surface area contributed by atoms with E-state index in [2.05, 4.69) is 49.6 Å². The average molecular weight is 486 g/mol. The van der Waals surface area contributed by atoms with Gasteiger partial charge in [-0.15, -0.1) is 0 Å². The van der Waals surface area contributed by atoms with E-state index in [4.69, 9.17) is 19.4 Å². The second-order valence-corrected chi connectivity index (χ2v) is 9.28. The van der Waals surface area contributed by atoms with Crippen molar-refractivity contribution in [3.05, 3.63) is 87.4 Å². The van der Waals surface area contributed by atoms with Gasteiger partial charge in [-0.1, -0.05) is 44.5 Å². The first kappa shape index (κ1) is 25.4. The first-order valence-corrected chi connectivity index (χ1v) is 12.6. The molecule has 0 saturated heterocycles.